The average molecular weight is 689 g/mol. The van der Waals surface area contributed by atoms with Crippen molar-refractivity contribution in [1.29, 1.82) is 0 Å². The number of benzene rings is 2. The normalized spacial score (nSPS) is 22.5. The molecule has 8 nitrogen and oxygen atoms in total. The zero-order valence-electron chi connectivity index (χ0n) is 31.7. The van der Waals surface area contributed by atoms with Crippen molar-refractivity contribution in [3.63, 3.8) is 0 Å². The molecule has 0 radical (unpaired) electrons. The molecule has 0 spiro atoms. The van der Waals surface area contributed by atoms with Gasteiger partial charge in [0.1, 0.15) is 0 Å². The fourth-order valence-corrected chi connectivity index (χ4v) is 9.25. The SMILES string of the molecule is CCN(CC)C(=O)C1C=C2c3cccc4ccn(c34)CC2N(C(C)C)C1.CCN(CC)C(=O)[C@@H]1C=C2c3cccc4ccn(c34)CC2N(CC)C1. The van der Waals surface area contributed by atoms with Crippen LogP contribution in [0.1, 0.15) is 59.6 Å². The molecule has 4 aliphatic heterocycles. The second-order valence-electron chi connectivity index (χ2n) is 14.8. The van der Waals surface area contributed by atoms with Crippen LogP contribution in [0.2, 0.25) is 0 Å². The third kappa shape index (κ3) is 6.14. The highest BCUT2D eigenvalue weighted by molar-refractivity contribution is 5.97. The molecule has 2 aromatic carbocycles. The molecule has 51 heavy (non-hydrogen) atoms. The molecule has 0 N–H and O–H groups in total. The molecule has 0 saturated heterocycles. The van der Waals surface area contributed by atoms with Crippen LogP contribution in [0.5, 0.6) is 0 Å². The van der Waals surface area contributed by atoms with E-state index in [1.807, 2.05) is 9.80 Å². The lowest BCUT2D eigenvalue weighted by Crippen LogP contribution is -2.52. The Kier molecular flexibility index (Phi) is 10.0. The van der Waals surface area contributed by atoms with Gasteiger partial charge in [-0.1, -0.05) is 55.5 Å². The van der Waals surface area contributed by atoms with Gasteiger partial charge in [-0.05, 0) is 71.4 Å². The lowest BCUT2D eigenvalue weighted by Gasteiger charge is -2.44. The van der Waals surface area contributed by atoms with Crippen molar-refractivity contribution >= 4 is 44.8 Å². The Bertz CT molecular complexity index is 1970. The van der Waals surface area contributed by atoms with Crippen LogP contribution < -0.4 is 0 Å². The van der Waals surface area contributed by atoms with E-state index in [0.29, 0.717) is 18.1 Å². The number of aromatic nitrogens is 2. The first-order chi connectivity index (χ1) is 24.7. The molecule has 4 atom stereocenters. The molecule has 3 unspecified atom stereocenters. The van der Waals surface area contributed by atoms with Crippen LogP contribution in [0.3, 0.4) is 0 Å². The van der Waals surface area contributed by atoms with Crippen LogP contribution in [0.4, 0.5) is 0 Å². The molecule has 2 amide bonds. The standard InChI is InChI=1S/C22H29N3O.C21H27N3O/c1-5-23(6-2)22(26)17-12-19-18-9-7-8-16-10-11-24(21(16)18)14-20(19)25(13-17)15(3)4;1-4-22(5-2)21(25)16-12-18-17-9-7-8-15-10-11-24(20(15)17)14-19(18)23(6-3)13-16/h7-12,15,17,20H,5-6,13-14H2,1-4H3;7-12,16,19H,4-6,13-14H2,1-3H3/t;16-,19?/m.1/s1. The number of likely N-dealkylation sites (N-methyl/N-ethyl adjacent to an activating group) is 1. The Hall–Kier alpha value is -4.14. The summed E-state index contributed by atoms with van der Waals surface area (Å²) in [4.78, 5) is 35.0. The number of para-hydroxylation sites is 2. The Morgan fingerprint density at radius 1 is 0.647 bits per heavy atom. The predicted octanol–water partition coefficient (Wildman–Crippen LogP) is 6.84. The average Bonchev–Trinajstić information content (AvgIpc) is 3.77. The van der Waals surface area contributed by atoms with E-state index in [-0.39, 0.29) is 23.7 Å². The van der Waals surface area contributed by atoms with Crippen molar-refractivity contribution in [2.75, 3.05) is 45.8 Å². The summed E-state index contributed by atoms with van der Waals surface area (Å²) in [6.45, 7) is 22.6. The van der Waals surface area contributed by atoms with Crippen LogP contribution in [0.25, 0.3) is 33.0 Å². The van der Waals surface area contributed by atoms with E-state index in [1.54, 1.807) is 0 Å². The predicted molar refractivity (Wildman–Crippen MR) is 209 cm³/mol. The van der Waals surface area contributed by atoms with E-state index in [2.05, 4.69) is 140 Å². The number of hydrogen-bond acceptors (Lipinski definition) is 4. The third-order valence-electron chi connectivity index (χ3n) is 12.0. The van der Waals surface area contributed by atoms with Gasteiger partial charge in [0, 0.05) is 92.7 Å². The van der Waals surface area contributed by atoms with Gasteiger partial charge in [0.2, 0.25) is 11.8 Å². The summed E-state index contributed by atoms with van der Waals surface area (Å²) in [7, 11) is 0. The number of nitrogens with zero attached hydrogens (tertiary/aromatic N) is 6. The molecular formula is C43H56N6O2. The zero-order valence-corrected chi connectivity index (χ0v) is 31.7. The van der Waals surface area contributed by atoms with Gasteiger partial charge >= 0.3 is 0 Å². The minimum absolute atomic E-state index is 0.0390. The molecule has 8 heteroatoms. The Balaban J connectivity index is 0.000000159. The van der Waals surface area contributed by atoms with E-state index >= 15 is 0 Å². The lowest BCUT2D eigenvalue weighted by atomic mass is 9.84. The van der Waals surface area contributed by atoms with Crippen LogP contribution in [0, 0.1) is 11.8 Å². The minimum atomic E-state index is -0.0553. The van der Waals surface area contributed by atoms with Crippen molar-refractivity contribution in [2.24, 2.45) is 11.8 Å². The summed E-state index contributed by atoms with van der Waals surface area (Å²) < 4.78 is 4.76. The number of amides is 2. The van der Waals surface area contributed by atoms with Crippen molar-refractivity contribution in [3.05, 3.63) is 84.2 Å². The largest absolute Gasteiger partial charge is 0.345 e. The van der Waals surface area contributed by atoms with Crippen LogP contribution in [0.15, 0.2) is 73.1 Å². The second-order valence-corrected chi connectivity index (χ2v) is 14.8. The first-order valence-electron chi connectivity index (χ1n) is 19.4. The van der Waals surface area contributed by atoms with Crippen LogP contribution in [-0.4, -0.2) is 104 Å². The fraction of sp³-hybridized carbons (Fsp3) is 0.488. The van der Waals surface area contributed by atoms with Gasteiger partial charge in [0.15, 0.2) is 0 Å². The molecule has 0 saturated carbocycles. The van der Waals surface area contributed by atoms with Crippen molar-refractivity contribution in [1.82, 2.24) is 28.7 Å². The summed E-state index contributed by atoms with van der Waals surface area (Å²) in [6, 6.07) is 18.6. The maximum Gasteiger partial charge on any atom is 0.230 e. The highest BCUT2D eigenvalue weighted by Crippen LogP contribution is 2.41. The van der Waals surface area contributed by atoms with E-state index in [1.165, 1.54) is 44.1 Å². The molecule has 4 aliphatic rings. The second kappa shape index (κ2) is 14.5. The summed E-state index contributed by atoms with van der Waals surface area (Å²) in [6.07, 6.45) is 8.95. The maximum absolute atomic E-state index is 13.1. The number of carbonyl (C=O) groups is 2. The Morgan fingerprint density at radius 3 is 1.59 bits per heavy atom. The molecule has 0 aliphatic carbocycles. The Labute approximate surface area is 304 Å². The first kappa shape index (κ1) is 35.3. The molecule has 2 aromatic heterocycles. The lowest BCUT2D eigenvalue weighted by molar-refractivity contribution is -0.135. The van der Waals surface area contributed by atoms with Gasteiger partial charge in [-0.3, -0.25) is 19.4 Å². The van der Waals surface area contributed by atoms with Gasteiger partial charge < -0.3 is 18.9 Å². The van der Waals surface area contributed by atoms with Crippen molar-refractivity contribution in [3.8, 4) is 0 Å². The third-order valence-corrected chi connectivity index (χ3v) is 12.0. The van der Waals surface area contributed by atoms with Crippen LogP contribution in [-0.2, 0) is 22.7 Å². The van der Waals surface area contributed by atoms with Gasteiger partial charge in [-0.15, -0.1) is 0 Å². The fourth-order valence-electron chi connectivity index (χ4n) is 9.25. The van der Waals surface area contributed by atoms with Gasteiger partial charge in [-0.25, -0.2) is 0 Å². The van der Waals surface area contributed by atoms with E-state index in [9.17, 15) is 9.59 Å². The molecule has 0 bridgehead atoms. The van der Waals surface area contributed by atoms with Crippen molar-refractivity contribution in [2.45, 2.75) is 79.7 Å². The minimum Gasteiger partial charge on any atom is -0.345 e. The zero-order chi connectivity index (χ0) is 36.0. The van der Waals surface area contributed by atoms with E-state index in [4.69, 9.17) is 0 Å². The van der Waals surface area contributed by atoms with E-state index < -0.39 is 0 Å². The number of hydrogen-bond donors (Lipinski definition) is 0. The summed E-state index contributed by atoms with van der Waals surface area (Å²) in [5.41, 5.74) is 7.91. The van der Waals surface area contributed by atoms with Gasteiger partial charge in [-0.2, -0.15) is 0 Å². The van der Waals surface area contributed by atoms with Crippen LogP contribution >= 0.6 is 0 Å². The molecule has 270 valence electrons. The maximum atomic E-state index is 13.1. The van der Waals surface area contributed by atoms with Gasteiger partial charge in [0.25, 0.3) is 0 Å². The number of carbonyl (C=O) groups excluding carboxylic acids is 2. The Morgan fingerprint density at radius 2 is 1.12 bits per heavy atom. The van der Waals surface area contributed by atoms with Crippen molar-refractivity contribution < 1.29 is 9.59 Å². The highest BCUT2D eigenvalue weighted by atomic mass is 16.2. The number of fused-ring (bicyclic) bond motifs is 4. The highest BCUT2D eigenvalue weighted by Gasteiger charge is 2.39. The monoisotopic (exact) mass is 688 g/mol. The molecule has 6 heterocycles. The molecular weight excluding hydrogens is 633 g/mol. The molecule has 0 fully saturated rings. The quantitative estimate of drug-likeness (QED) is 0.204. The summed E-state index contributed by atoms with van der Waals surface area (Å²) in [5.74, 6) is 0.436. The van der Waals surface area contributed by atoms with E-state index in [0.717, 1.165) is 58.9 Å². The smallest absolute Gasteiger partial charge is 0.230 e. The van der Waals surface area contributed by atoms with Gasteiger partial charge in [0.05, 0.1) is 35.0 Å². The topological polar surface area (TPSA) is 57.0 Å². The number of rotatable bonds is 8. The summed E-state index contributed by atoms with van der Waals surface area (Å²) >= 11 is 0. The molecule has 8 rings (SSSR count). The first-order valence-corrected chi connectivity index (χ1v) is 19.4. The molecule has 4 aromatic rings. The summed E-state index contributed by atoms with van der Waals surface area (Å²) in [5, 5.41) is 2.58.